The molecule has 6 nitrogen and oxygen atoms in total. The van der Waals surface area contributed by atoms with Crippen molar-refractivity contribution < 1.29 is 9.47 Å². The summed E-state index contributed by atoms with van der Waals surface area (Å²) in [5.74, 6) is 2.44. The van der Waals surface area contributed by atoms with Gasteiger partial charge in [-0.05, 0) is 25.7 Å². The molecule has 138 valence electrons. The Balaban J connectivity index is 1.65. The number of fused-ring (bicyclic) bond motifs is 2. The Bertz CT molecular complexity index is 765. The van der Waals surface area contributed by atoms with E-state index in [1.807, 2.05) is 12.1 Å². The van der Waals surface area contributed by atoms with Crippen LogP contribution in [0.3, 0.4) is 0 Å². The molecule has 2 aliphatic rings. The number of anilines is 1. The first-order chi connectivity index (χ1) is 12.7. The number of para-hydroxylation sites is 1. The Kier molecular flexibility index (Phi) is 5.04. The van der Waals surface area contributed by atoms with Crippen LogP contribution in [0.2, 0.25) is 0 Å². The third kappa shape index (κ3) is 3.66. The van der Waals surface area contributed by atoms with Gasteiger partial charge in [-0.1, -0.05) is 18.2 Å². The van der Waals surface area contributed by atoms with Gasteiger partial charge < -0.3 is 19.3 Å². The maximum atomic E-state index is 5.98. The average Bonchev–Trinajstić information content (AvgIpc) is 2.97. The summed E-state index contributed by atoms with van der Waals surface area (Å²) in [5, 5.41) is 0. The van der Waals surface area contributed by atoms with Crippen molar-refractivity contribution in [2.75, 3.05) is 51.8 Å². The molecule has 0 bridgehead atoms. The van der Waals surface area contributed by atoms with Crippen molar-refractivity contribution in [3.8, 4) is 5.75 Å². The molecule has 2 aromatic rings. The van der Waals surface area contributed by atoms with Crippen molar-refractivity contribution in [2.24, 2.45) is 5.92 Å². The molecule has 6 heteroatoms. The second-order valence-corrected chi connectivity index (χ2v) is 7.34. The molecule has 1 aromatic heterocycles. The minimum absolute atomic E-state index is 0.465. The number of nitrogens with zero attached hydrogens (tertiary/aromatic N) is 4. The fraction of sp³-hybridized carbons (Fsp3) is 0.500. The van der Waals surface area contributed by atoms with Crippen LogP contribution in [0.4, 0.5) is 5.82 Å². The highest BCUT2D eigenvalue weighted by Gasteiger charge is 2.25. The van der Waals surface area contributed by atoms with Gasteiger partial charge in [0, 0.05) is 37.5 Å². The van der Waals surface area contributed by atoms with E-state index in [4.69, 9.17) is 9.47 Å². The lowest BCUT2D eigenvalue weighted by molar-refractivity contribution is 0.113. The summed E-state index contributed by atoms with van der Waals surface area (Å²) in [7, 11) is 4.22. The molecule has 4 rings (SSSR count). The Morgan fingerprint density at radius 1 is 1.23 bits per heavy atom. The predicted molar refractivity (Wildman–Crippen MR) is 101 cm³/mol. The Hall–Kier alpha value is -2.18. The zero-order valence-electron chi connectivity index (χ0n) is 15.5. The number of rotatable bonds is 3. The minimum Gasteiger partial charge on any atom is -0.487 e. The van der Waals surface area contributed by atoms with E-state index in [9.17, 15) is 0 Å². The molecule has 1 aromatic carbocycles. The van der Waals surface area contributed by atoms with Crippen LogP contribution in [0.15, 0.2) is 30.6 Å². The van der Waals surface area contributed by atoms with E-state index in [0.29, 0.717) is 12.5 Å². The molecule has 0 unspecified atom stereocenters. The van der Waals surface area contributed by atoms with Crippen molar-refractivity contribution in [1.82, 2.24) is 14.9 Å². The zero-order chi connectivity index (χ0) is 17.9. The quantitative estimate of drug-likeness (QED) is 0.840. The number of ether oxygens (including phenoxy) is 2. The molecule has 26 heavy (non-hydrogen) atoms. The van der Waals surface area contributed by atoms with E-state index in [1.165, 1.54) is 11.1 Å². The molecule has 0 radical (unpaired) electrons. The van der Waals surface area contributed by atoms with Crippen LogP contribution in [0.5, 0.6) is 5.75 Å². The fourth-order valence-electron chi connectivity index (χ4n) is 3.84. The van der Waals surface area contributed by atoms with Crippen LogP contribution in [0.25, 0.3) is 0 Å². The Morgan fingerprint density at radius 3 is 3.00 bits per heavy atom. The maximum Gasteiger partial charge on any atom is 0.136 e. The summed E-state index contributed by atoms with van der Waals surface area (Å²) in [6.07, 6.45) is 2.47. The van der Waals surface area contributed by atoms with Gasteiger partial charge in [0.15, 0.2) is 0 Å². The third-order valence-corrected chi connectivity index (χ3v) is 4.98. The van der Waals surface area contributed by atoms with Gasteiger partial charge in [0.05, 0.1) is 18.9 Å². The van der Waals surface area contributed by atoms with Crippen molar-refractivity contribution >= 4 is 5.82 Å². The molecular formula is C20H26N4O2. The number of hydrogen-bond acceptors (Lipinski definition) is 6. The average molecular weight is 354 g/mol. The Labute approximate surface area is 154 Å². The van der Waals surface area contributed by atoms with Crippen LogP contribution in [-0.4, -0.2) is 61.8 Å². The normalized spacial score (nSPS) is 20.0. The molecule has 0 saturated carbocycles. The summed E-state index contributed by atoms with van der Waals surface area (Å²) in [5.41, 5.74) is 3.36. The van der Waals surface area contributed by atoms with Gasteiger partial charge in [0.2, 0.25) is 0 Å². The summed E-state index contributed by atoms with van der Waals surface area (Å²) < 4.78 is 11.8. The summed E-state index contributed by atoms with van der Waals surface area (Å²) in [6.45, 7) is 4.84. The lowest BCUT2D eigenvalue weighted by Crippen LogP contribution is -2.36. The molecule has 3 heterocycles. The molecule has 1 fully saturated rings. The fourth-order valence-corrected chi connectivity index (χ4v) is 3.84. The minimum atomic E-state index is 0.465. The standard InChI is InChI=1S/C20H26N4O2/c1-23(2)10-15-11-24(7-8-25-12-15)20-17-9-16-5-3-4-6-19(16)26-13-18(17)21-14-22-20/h3-6,14-15H,7-13H2,1-2H3/t15-/m1/s1. The number of aromatic nitrogens is 2. The zero-order valence-corrected chi connectivity index (χ0v) is 15.5. The van der Waals surface area contributed by atoms with Gasteiger partial charge in [-0.25, -0.2) is 9.97 Å². The highest BCUT2D eigenvalue weighted by Crippen LogP contribution is 2.32. The highest BCUT2D eigenvalue weighted by atomic mass is 16.5. The largest absolute Gasteiger partial charge is 0.487 e. The maximum absolute atomic E-state index is 5.98. The second kappa shape index (κ2) is 7.60. The number of hydrogen-bond donors (Lipinski definition) is 0. The lowest BCUT2D eigenvalue weighted by Gasteiger charge is -2.28. The molecule has 0 spiro atoms. The van der Waals surface area contributed by atoms with E-state index in [2.05, 4.69) is 46.0 Å². The van der Waals surface area contributed by atoms with Crippen LogP contribution >= 0.6 is 0 Å². The Morgan fingerprint density at radius 2 is 2.12 bits per heavy atom. The van der Waals surface area contributed by atoms with E-state index in [1.54, 1.807) is 6.33 Å². The summed E-state index contributed by atoms with van der Waals surface area (Å²) in [4.78, 5) is 13.8. The van der Waals surface area contributed by atoms with Gasteiger partial charge in [-0.3, -0.25) is 0 Å². The van der Waals surface area contributed by atoms with Crippen molar-refractivity contribution in [3.63, 3.8) is 0 Å². The molecule has 0 aliphatic carbocycles. The van der Waals surface area contributed by atoms with E-state index >= 15 is 0 Å². The summed E-state index contributed by atoms with van der Waals surface area (Å²) in [6, 6.07) is 8.23. The summed E-state index contributed by atoms with van der Waals surface area (Å²) >= 11 is 0. The van der Waals surface area contributed by atoms with E-state index in [-0.39, 0.29) is 0 Å². The van der Waals surface area contributed by atoms with Gasteiger partial charge >= 0.3 is 0 Å². The molecule has 2 aliphatic heterocycles. The molecular weight excluding hydrogens is 328 g/mol. The topological polar surface area (TPSA) is 50.7 Å². The van der Waals surface area contributed by atoms with Crippen molar-refractivity contribution in [2.45, 2.75) is 13.0 Å². The molecule has 1 atom stereocenters. The van der Waals surface area contributed by atoms with Crippen LogP contribution in [-0.2, 0) is 17.8 Å². The smallest absolute Gasteiger partial charge is 0.136 e. The first-order valence-corrected chi connectivity index (χ1v) is 9.21. The molecule has 1 saturated heterocycles. The monoisotopic (exact) mass is 354 g/mol. The third-order valence-electron chi connectivity index (χ3n) is 4.98. The van der Waals surface area contributed by atoms with Crippen LogP contribution in [0.1, 0.15) is 16.8 Å². The number of benzene rings is 1. The van der Waals surface area contributed by atoms with Gasteiger partial charge in [-0.2, -0.15) is 0 Å². The molecule has 0 N–H and O–H groups in total. The first kappa shape index (κ1) is 17.2. The predicted octanol–water partition coefficient (Wildman–Crippen LogP) is 1.97. The van der Waals surface area contributed by atoms with Crippen LogP contribution < -0.4 is 9.64 Å². The second-order valence-electron chi connectivity index (χ2n) is 7.34. The van der Waals surface area contributed by atoms with Gasteiger partial charge in [-0.15, -0.1) is 0 Å². The van der Waals surface area contributed by atoms with Crippen molar-refractivity contribution in [3.05, 3.63) is 47.4 Å². The van der Waals surface area contributed by atoms with Crippen molar-refractivity contribution in [1.29, 1.82) is 0 Å². The van der Waals surface area contributed by atoms with E-state index in [0.717, 1.165) is 56.5 Å². The van der Waals surface area contributed by atoms with Crippen LogP contribution in [0, 0.1) is 5.92 Å². The first-order valence-electron chi connectivity index (χ1n) is 9.21. The molecule has 0 amide bonds. The highest BCUT2D eigenvalue weighted by molar-refractivity contribution is 5.53. The van der Waals surface area contributed by atoms with E-state index < -0.39 is 0 Å². The SMILES string of the molecule is CN(C)C[C@H]1COCCN(c2ncnc3c2Cc2ccccc2OC3)C1. The van der Waals surface area contributed by atoms with Gasteiger partial charge in [0.25, 0.3) is 0 Å². The van der Waals surface area contributed by atoms with Gasteiger partial charge in [0.1, 0.15) is 24.5 Å². The lowest BCUT2D eigenvalue weighted by atomic mass is 10.0.